The first kappa shape index (κ1) is 16.5. The lowest BCUT2D eigenvalue weighted by molar-refractivity contribution is -0.115. The molecule has 2 N–H and O–H groups in total. The van der Waals surface area contributed by atoms with Gasteiger partial charge in [0.2, 0.25) is 5.91 Å². The first-order valence-corrected chi connectivity index (χ1v) is 7.18. The van der Waals surface area contributed by atoms with Crippen LogP contribution in [-0.2, 0) is 4.79 Å². The summed E-state index contributed by atoms with van der Waals surface area (Å²) in [5, 5.41) is 6.00. The van der Waals surface area contributed by atoms with Crippen molar-refractivity contribution in [1.82, 2.24) is 5.32 Å². The highest BCUT2D eigenvalue weighted by molar-refractivity contribution is 5.92. The van der Waals surface area contributed by atoms with E-state index in [0.29, 0.717) is 6.54 Å². The van der Waals surface area contributed by atoms with Crippen molar-refractivity contribution >= 4 is 11.6 Å². The van der Waals surface area contributed by atoms with E-state index in [-0.39, 0.29) is 11.4 Å². The normalized spacial score (nSPS) is 11.2. The largest absolute Gasteiger partial charge is 0.494 e. The fraction of sp³-hybridized carbons (Fsp3) is 0.562. The van der Waals surface area contributed by atoms with Crippen molar-refractivity contribution in [2.45, 2.75) is 46.1 Å². The molecule has 112 valence electrons. The van der Waals surface area contributed by atoms with Crippen molar-refractivity contribution in [3.05, 3.63) is 24.3 Å². The van der Waals surface area contributed by atoms with E-state index in [1.165, 1.54) is 0 Å². The maximum absolute atomic E-state index is 11.8. The predicted molar refractivity (Wildman–Crippen MR) is 83.2 cm³/mol. The maximum Gasteiger partial charge on any atom is 0.238 e. The van der Waals surface area contributed by atoms with Gasteiger partial charge in [0.15, 0.2) is 0 Å². The highest BCUT2D eigenvalue weighted by Gasteiger charge is 2.11. The Morgan fingerprint density at radius 1 is 1.20 bits per heavy atom. The van der Waals surface area contributed by atoms with Gasteiger partial charge in [-0.05, 0) is 51.5 Å². The van der Waals surface area contributed by atoms with Crippen LogP contribution in [0.2, 0.25) is 0 Å². The van der Waals surface area contributed by atoms with Gasteiger partial charge in [0.1, 0.15) is 5.75 Å². The summed E-state index contributed by atoms with van der Waals surface area (Å²) in [6.45, 7) is 9.26. The molecule has 1 rings (SSSR count). The summed E-state index contributed by atoms with van der Waals surface area (Å²) in [4.78, 5) is 11.8. The van der Waals surface area contributed by atoms with Gasteiger partial charge in [-0.3, -0.25) is 4.79 Å². The molecule has 0 spiro atoms. The zero-order valence-corrected chi connectivity index (χ0v) is 13.0. The van der Waals surface area contributed by atoms with Gasteiger partial charge in [-0.2, -0.15) is 0 Å². The lowest BCUT2D eigenvalue weighted by Crippen LogP contribution is -2.41. The highest BCUT2D eigenvalue weighted by Crippen LogP contribution is 2.16. The van der Waals surface area contributed by atoms with Crippen LogP contribution in [0.5, 0.6) is 5.75 Å². The van der Waals surface area contributed by atoms with Gasteiger partial charge in [0, 0.05) is 11.2 Å². The summed E-state index contributed by atoms with van der Waals surface area (Å²) in [7, 11) is 0. The first-order valence-electron chi connectivity index (χ1n) is 7.18. The molecule has 0 atom stereocenters. The highest BCUT2D eigenvalue weighted by atomic mass is 16.5. The Kier molecular flexibility index (Phi) is 6.52. The molecule has 0 saturated carbocycles. The molecule has 0 fully saturated rings. The monoisotopic (exact) mass is 278 g/mol. The lowest BCUT2D eigenvalue weighted by Gasteiger charge is -2.20. The Morgan fingerprint density at radius 2 is 1.85 bits per heavy atom. The van der Waals surface area contributed by atoms with Crippen LogP contribution in [0, 0.1) is 0 Å². The molecule has 0 aliphatic heterocycles. The number of carbonyl (C=O) groups is 1. The zero-order chi connectivity index (χ0) is 15.0. The van der Waals surface area contributed by atoms with Crippen molar-refractivity contribution in [3.8, 4) is 5.75 Å². The molecular weight excluding hydrogens is 252 g/mol. The van der Waals surface area contributed by atoms with E-state index in [4.69, 9.17) is 4.74 Å². The van der Waals surface area contributed by atoms with E-state index in [0.717, 1.165) is 30.9 Å². The van der Waals surface area contributed by atoms with Crippen LogP contribution in [0.3, 0.4) is 0 Å². The van der Waals surface area contributed by atoms with E-state index >= 15 is 0 Å². The predicted octanol–water partition coefficient (Wildman–Crippen LogP) is 3.19. The summed E-state index contributed by atoms with van der Waals surface area (Å²) >= 11 is 0. The molecule has 0 aromatic heterocycles. The molecule has 0 bridgehead atoms. The van der Waals surface area contributed by atoms with E-state index in [9.17, 15) is 4.79 Å². The van der Waals surface area contributed by atoms with Crippen molar-refractivity contribution < 1.29 is 9.53 Å². The molecular formula is C16H26N2O2. The Bertz CT molecular complexity index is 407. The molecule has 20 heavy (non-hydrogen) atoms. The quantitative estimate of drug-likeness (QED) is 0.753. The topological polar surface area (TPSA) is 50.4 Å². The second-order valence-corrected chi connectivity index (χ2v) is 5.88. The van der Waals surface area contributed by atoms with Gasteiger partial charge >= 0.3 is 0 Å². The summed E-state index contributed by atoms with van der Waals surface area (Å²) in [5.41, 5.74) is 0.724. The SMILES string of the molecule is CCCCOc1ccc(NC(=O)CNC(C)(C)C)cc1. The fourth-order valence-corrected chi connectivity index (χ4v) is 1.52. The average Bonchev–Trinajstić information content (AvgIpc) is 2.38. The standard InChI is InChI=1S/C16H26N2O2/c1-5-6-11-20-14-9-7-13(8-10-14)18-15(19)12-17-16(2,3)4/h7-10,17H,5-6,11-12H2,1-4H3,(H,18,19). The number of nitrogens with one attached hydrogen (secondary N) is 2. The second-order valence-electron chi connectivity index (χ2n) is 5.88. The molecule has 0 radical (unpaired) electrons. The number of rotatable bonds is 7. The molecule has 4 nitrogen and oxygen atoms in total. The van der Waals surface area contributed by atoms with Gasteiger partial charge in [-0.1, -0.05) is 13.3 Å². The molecule has 4 heteroatoms. The van der Waals surface area contributed by atoms with E-state index in [1.54, 1.807) is 0 Å². The van der Waals surface area contributed by atoms with Crippen LogP contribution in [0.4, 0.5) is 5.69 Å². The van der Waals surface area contributed by atoms with Crippen LogP contribution < -0.4 is 15.4 Å². The van der Waals surface area contributed by atoms with Gasteiger partial charge in [0.05, 0.1) is 13.2 Å². The Hall–Kier alpha value is -1.55. The van der Waals surface area contributed by atoms with Crippen molar-refractivity contribution in [3.63, 3.8) is 0 Å². The molecule has 0 unspecified atom stereocenters. The van der Waals surface area contributed by atoms with Gasteiger partial charge in [-0.15, -0.1) is 0 Å². The van der Waals surface area contributed by atoms with E-state index in [1.807, 2.05) is 45.0 Å². The Balaban J connectivity index is 2.39. The fourth-order valence-electron chi connectivity index (χ4n) is 1.52. The van der Waals surface area contributed by atoms with E-state index < -0.39 is 0 Å². The van der Waals surface area contributed by atoms with Crippen LogP contribution in [0.15, 0.2) is 24.3 Å². The van der Waals surface area contributed by atoms with Crippen LogP contribution >= 0.6 is 0 Å². The summed E-state index contributed by atoms with van der Waals surface area (Å²) in [6, 6.07) is 7.47. The zero-order valence-electron chi connectivity index (χ0n) is 13.0. The average molecular weight is 278 g/mol. The van der Waals surface area contributed by atoms with Gasteiger partial charge in [0.25, 0.3) is 0 Å². The number of ether oxygens (including phenoxy) is 1. The Labute approximate surface area is 121 Å². The number of unbranched alkanes of at least 4 members (excludes halogenated alkanes) is 1. The first-order chi connectivity index (χ1) is 9.40. The minimum atomic E-state index is -0.0612. The molecule has 0 aliphatic rings. The van der Waals surface area contributed by atoms with E-state index in [2.05, 4.69) is 17.6 Å². The molecule has 1 amide bonds. The second kappa shape index (κ2) is 7.90. The smallest absolute Gasteiger partial charge is 0.238 e. The lowest BCUT2D eigenvalue weighted by atomic mass is 10.1. The number of benzene rings is 1. The van der Waals surface area contributed by atoms with Crippen molar-refractivity contribution in [2.75, 3.05) is 18.5 Å². The molecule has 1 aromatic rings. The third-order valence-corrected chi connectivity index (χ3v) is 2.68. The number of carbonyl (C=O) groups excluding carboxylic acids is 1. The number of anilines is 1. The summed E-state index contributed by atoms with van der Waals surface area (Å²) < 4.78 is 5.57. The molecule has 0 aliphatic carbocycles. The number of hydrogen-bond acceptors (Lipinski definition) is 3. The molecule has 1 aromatic carbocycles. The van der Waals surface area contributed by atoms with Crippen molar-refractivity contribution in [2.24, 2.45) is 0 Å². The minimum Gasteiger partial charge on any atom is -0.494 e. The van der Waals surface area contributed by atoms with Gasteiger partial charge < -0.3 is 15.4 Å². The summed E-state index contributed by atoms with van der Waals surface area (Å²) in [6.07, 6.45) is 2.17. The van der Waals surface area contributed by atoms with Crippen LogP contribution in [0.1, 0.15) is 40.5 Å². The van der Waals surface area contributed by atoms with Gasteiger partial charge in [-0.25, -0.2) is 0 Å². The minimum absolute atomic E-state index is 0.0421. The van der Waals surface area contributed by atoms with Crippen LogP contribution in [-0.4, -0.2) is 24.6 Å². The maximum atomic E-state index is 11.8. The van der Waals surface area contributed by atoms with Crippen molar-refractivity contribution in [1.29, 1.82) is 0 Å². The number of amides is 1. The third kappa shape index (κ3) is 7.14. The molecule has 0 saturated heterocycles. The third-order valence-electron chi connectivity index (χ3n) is 2.68. The van der Waals surface area contributed by atoms with Crippen LogP contribution in [0.25, 0.3) is 0 Å². The molecule has 0 heterocycles. The number of hydrogen-bond donors (Lipinski definition) is 2. The summed E-state index contributed by atoms with van der Waals surface area (Å²) in [5.74, 6) is 0.795. The Morgan fingerprint density at radius 3 is 2.40 bits per heavy atom.